The summed E-state index contributed by atoms with van der Waals surface area (Å²) < 4.78 is 26.3. The van der Waals surface area contributed by atoms with Gasteiger partial charge in [-0.25, -0.2) is 8.42 Å². The van der Waals surface area contributed by atoms with Crippen LogP contribution in [-0.4, -0.2) is 44.7 Å². The summed E-state index contributed by atoms with van der Waals surface area (Å²) in [5.41, 5.74) is 1.70. The first kappa shape index (κ1) is 24.4. The molecule has 3 rings (SSSR count). The number of rotatable bonds is 9. The van der Waals surface area contributed by atoms with E-state index < -0.39 is 22.5 Å². The molecule has 0 saturated heterocycles. The molecule has 0 bridgehead atoms. The average Bonchev–Trinajstić information content (AvgIpc) is 2.80. The molecule has 9 heteroatoms. The number of para-hydroxylation sites is 1. The maximum atomic E-state index is 12.7. The molecular weight excluding hydrogens is 462 g/mol. The molecule has 0 unspecified atom stereocenters. The normalized spacial score (nSPS) is 11.2. The molecule has 0 heterocycles. The molecule has 3 aromatic carbocycles. The van der Waals surface area contributed by atoms with Gasteiger partial charge in [0.15, 0.2) is 0 Å². The molecule has 0 aliphatic rings. The Morgan fingerprint density at radius 1 is 0.909 bits per heavy atom. The Kier molecular flexibility index (Phi) is 8.21. The van der Waals surface area contributed by atoms with E-state index in [2.05, 4.69) is 10.6 Å². The van der Waals surface area contributed by atoms with Crippen molar-refractivity contribution in [2.24, 2.45) is 0 Å². The van der Waals surface area contributed by atoms with E-state index in [4.69, 9.17) is 11.6 Å². The standard InChI is InChI=1S/C24H24ClN3O4S/c1-28(33(31,32)20-13-11-19(25)12-14-20)17-23(29)27-22-10-6-5-9-21(22)24(30)26-16-15-18-7-3-2-4-8-18/h2-14H,15-17H2,1H3,(H,26,30)(H,27,29). The largest absolute Gasteiger partial charge is 0.352 e. The molecule has 0 aromatic heterocycles. The van der Waals surface area contributed by atoms with Gasteiger partial charge >= 0.3 is 0 Å². The number of sulfonamides is 1. The van der Waals surface area contributed by atoms with Gasteiger partial charge in [-0.05, 0) is 48.4 Å². The van der Waals surface area contributed by atoms with Crippen LogP contribution >= 0.6 is 11.6 Å². The maximum Gasteiger partial charge on any atom is 0.253 e. The molecule has 2 N–H and O–H groups in total. The van der Waals surface area contributed by atoms with E-state index >= 15 is 0 Å². The zero-order valence-electron chi connectivity index (χ0n) is 18.0. The quantitative estimate of drug-likeness (QED) is 0.484. The predicted octanol–water partition coefficient (Wildman–Crippen LogP) is 3.57. The predicted molar refractivity (Wildman–Crippen MR) is 129 cm³/mol. The van der Waals surface area contributed by atoms with Crippen molar-refractivity contribution in [1.82, 2.24) is 9.62 Å². The van der Waals surface area contributed by atoms with Crippen LogP contribution in [-0.2, 0) is 21.2 Å². The minimum Gasteiger partial charge on any atom is -0.352 e. The van der Waals surface area contributed by atoms with Gasteiger partial charge in [-0.15, -0.1) is 0 Å². The van der Waals surface area contributed by atoms with E-state index in [0.29, 0.717) is 29.2 Å². The lowest BCUT2D eigenvalue weighted by Crippen LogP contribution is -2.35. The van der Waals surface area contributed by atoms with Crippen molar-refractivity contribution in [2.45, 2.75) is 11.3 Å². The second-order valence-corrected chi connectivity index (χ2v) is 9.78. The van der Waals surface area contributed by atoms with Crippen LogP contribution < -0.4 is 10.6 Å². The molecule has 0 radical (unpaired) electrons. The number of halogens is 1. The lowest BCUT2D eigenvalue weighted by atomic mass is 10.1. The van der Waals surface area contributed by atoms with Crippen molar-refractivity contribution in [2.75, 3.05) is 25.5 Å². The van der Waals surface area contributed by atoms with Crippen molar-refractivity contribution in [3.05, 3.63) is 95.0 Å². The molecular formula is C24H24ClN3O4S. The van der Waals surface area contributed by atoms with E-state index in [1.54, 1.807) is 24.3 Å². The van der Waals surface area contributed by atoms with Gasteiger partial charge in [0, 0.05) is 18.6 Å². The van der Waals surface area contributed by atoms with Gasteiger partial charge in [-0.2, -0.15) is 4.31 Å². The first-order valence-electron chi connectivity index (χ1n) is 10.2. The minimum atomic E-state index is -3.87. The van der Waals surface area contributed by atoms with Crippen LogP contribution in [0.5, 0.6) is 0 Å². The summed E-state index contributed by atoms with van der Waals surface area (Å²) in [6, 6.07) is 22.0. The van der Waals surface area contributed by atoms with Gasteiger partial charge in [-0.1, -0.05) is 54.1 Å². The Morgan fingerprint density at radius 3 is 2.24 bits per heavy atom. The lowest BCUT2D eigenvalue weighted by Gasteiger charge is -2.18. The smallest absolute Gasteiger partial charge is 0.253 e. The van der Waals surface area contributed by atoms with E-state index in [1.807, 2.05) is 30.3 Å². The van der Waals surface area contributed by atoms with E-state index in [1.165, 1.54) is 31.3 Å². The molecule has 0 aliphatic carbocycles. The minimum absolute atomic E-state index is 0.0281. The number of nitrogens with one attached hydrogen (secondary N) is 2. The first-order valence-corrected chi connectivity index (χ1v) is 12.0. The number of hydrogen-bond donors (Lipinski definition) is 2. The third-order valence-electron chi connectivity index (χ3n) is 4.88. The van der Waals surface area contributed by atoms with E-state index in [-0.39, 0.29) is 10.8 Å². The van der Waals surface area contributed by atoms with Crippen molar-refractivity contribution >= 4 is 39.1 Å². The van der Waals surface area contributed by atoms with Gasteiger partial charge in [0.05, 0.1) is 22.7 Å². The maximum absolute atomic E-state index is 12.7. The zero-order chi connectivity index (χ0) is 23.8. The van der Waals surface area contributed by atoms with Crippen LogP contribution in [0.25, 0.3) is 0 Å². The van der Waals surface area contributed by atoms with Gasteiger partial charge in [0.1, 0.15) is 0 Å². The highest BCUT2D eigenvalue weighted by Gasteiger charge is 2.23. The topological polar surface area (TPSA) is 95.6 Å². The third-order valence-corrected chi connectivity index (χ3v) is 6.95. The highest BCUT2D eigenvalue weighted by Crippen LogP contribution is 2.18. The summed E-state index contributed by atoms with van der Waals surface area (Å²) in [6.07, 6.45) is 0.675. The summed E-state index contributed by atoms with van der Waals surface area (Å²) in [5.74, 6) is -0.899. The van der Waals surface area contributed by atoms with Crippen molar-refractivity contribution in [1.29, 1.82) is 0 Å². The number of likely N-dealkylation sites (N-methyl/N-ethyl adjacent to an activating group) is 1. The number of carbonyl (C=O) groups excluding carboxylic acids is 2. The second-order valence-electron chi connectivity index (χ2n) is 7.30. The Balaban J connectivity index is 1.61. The van der Waals surface area contributed by atoms with Gasteiger partial charge in [0.25, 0.3) is 5.91 Å². The molecule has 0 aliphatic heterocycles. The highest BCUT2D eigenvalue weighted by atomic mass is 35.5. The number of amides is 2. The Bertz CT molecular complexity index is 1220. The summed E-state index contributed by atoms with van der Waals surface area (Å²) >= 11 is 5.81. The van der Waals surface area contributed by atoms with Crippen LogP contribution in [0.2, 0.25) is 5.02 Å². The van der Waals surface area contributed by atoms with Crippen LogP contribution in [0, 0.1) is 0 Å². The third kappa shape index (κ3) is 6.64. The van der Waals surface area contributed by atoms with Crippen molar-refractivity contribution < 1.29 is 18.0 Å². The lowest BCUT2D eigenvalue weighted by molar-refractivity contribution is -0.116. The number of carbonyl (C=O) groups is 2. The Hall–Kier alpha value is -3.20. The second kappa shape index (κ2) is 11.1. The fourth-order valence-corrected chi connectivity index (χ4v) is 4.37. The first-order chi connectivity index (χ1) is 15.8. The number of hydrogen-bond acceptors (Lipinski definition) is 4. The molecule has 0 spiro atoms. The summed E-state index contributed by atoms with van der Waals surface area (Å²) in [5, 5.41) is 5.89. The molecule has 3 aromatic rings. The van der Waals surface area contributed by atoms with Crippen LogP contribution in [0.4, 0.5) is 5.69 Å². The summed E-state index contributed by atoms with van der Waals surface area (Å²) in [7, 11) is -2.56. The fourth-order valence-electron chi connectivity index (χ4n) is 3.11. The number of benzene rings is 3. The Labute approximate surface area is 198 Å². The molecule has 0 saturated carbocycles. The fraction of sp³-hybridized carbons (Fsp3) is 0.167. The molecule has 0 atom stereocenters. The van der Waals surface area contributed by atoms with E-state index in [0.717, 1.165) is 9.87 Å². The molecule has 172 valence electrons. The number of nitrogens with zero attached hydrogens (tertiary/aromatic N) is 1. The van der Waals surface area contributed by atoms with Crippen molar-refractivity contribution in [3.8, 4) is 0 Å². The van der Waals surface area contributed by atoms with Crippen molar-refractivity contribution in [3.63, 3.8) is 0 Å². The van der Waals surface area contributed by atoms with Gasteiger partial charge < -0.3 is 10.6 Å². The molecule has 2 amide bonds. The van der Waals surface area contributed by atoms with Gasteiger partial charge in [0.2, 0.25) is 15.9 Å². The molecule has 0 fully saturated rings. The average molecular weight is 486 g/mol. The summed E-state index contributed by atoms with van der Waals surface area (Å²) in [4.78, 5) is 25.2. The molecule has 33 heavy (non-hydrogen) atoms. The Morgan fingerprint density at radius 2 is 1.55 bits per heavy atom. The van der Waals surface area contributed by atoms with Gasteiger partial charge in [-0.3, -0.25) is 9.59 Å². The van der Waals surface area contributed by atoms with Crippen LogP contribution in [0.3, 0.4) is 0 Å². The molecule has 7 nitrogen and oxygen atoms in total. The highest BCUT2D eigenvalue weighted by molar-refractivity contribution is 7.89. The number of anilines is 1. The monoisotopic (exact) mass is 485 g/mol. The zero-order valence-corrected chi connectivity index (χ0v) is 19.6. The van der Waals surface area contributed by atoms with Crippen LogP contribution in [0.1, 0.15) is 15.9 Å². The van der Waals surface area contributed by atoms with E-state index in [9.17, 15) is 18.0 Å². The van der Waals surface area contributed by atoms with Crippen LogP contribution in [0.15, 0.2) is 83.8 Å². The SMILES string of the molecule is CN(CC(=O)Nc1ccccc1C(=O)NCCc1ccccc1)S(=O)(=O)c1ccc(Cl)cc1. The summed E-state index contributed by atoms with van der Waals surface area (Å²) in [6.45, 7) is 0.0160.